The van der Waals surface area contributed by atoms with Crippen LogP contribution in [0.1, 0.15) is 15.9 Å². The molecule has 0 bridgehead atoms. The lowest BCUT2D eigenvalue weighted by atomic mass is 9.80. The monoisotopic (exact) mass is 311 g/mol. The van der Waals surface area contributed by atoms with E-state index in [1.165, 1.54) is 6.07 Å². The Morgan fingerprint density at radius 3 is 2.48 bits per heavy atom. The number of phenols is 1. The smallest absolute Gasteiger partial charge is 0.488 e. The lowest BCUT2D eigenvalue weighted by molar-refractivity contribution is 0.0998. The molecule has 116 valence electrons. The molecular weight excluding hydrogens is 297 g/mol. The minimum atomic E-state index is -1.50. The summed E-state index contributed by atoms with van der Waals surface area (Å²) >= 11 is 0. The number of aromatic nitrogens is 2. The van der Waals surface area contributed by atoms with E-state index in [9.17, 15) is 9.90 Å². The topological polar surface area (TPSA) is 122 Å². The maximum atomic E-state index is 11.2. The molecule has 0 aliphatic heterocycles. The summed E-state index contributed by atoms with van der Waals surface area (Å²) < 4.78 is 1.81. The van der Waals surface area contributed by atoms with Gasteiger partial charge in [-0.25, -0.2) is 4.98 Å². The number of nitrogens with two attached hydrogens (primary N) is 1. The Kier molecular flexibility index (Phi) is 3.77. The molecule has 0 saturated carbocycles. The molecule has 0 aliphatic carbocycles. The summed E-state index contributed by atoms with van der Waals surface area (Å²) in [6, 6.07) is 9.94. The number of aromatic hydroxyl groups is 1. The van der Waals surface area contributed by atoms with Crippen molar-refractivity contribution in [2.45, 2.75) is 6.54 Å². The molecular formula is C15H14BN3O4. The van der Waals surface area contributed by atoms with Gasteiger partial charge in [0, 0.05) is 6.54 Å². The van der Waals surface area contributed by atoms with E-state index in [-0.39, 0.29) is 11.3 Å². The van der Waals surface area contributed by atoms with E-state index in [4.69, 9.17) is 15.8 Å². The molecule has 5 N–H and O–H groups in total. The van der Waals surface area contributed by atoms with Crippen molar-refractivity contribution >= 4 is 29.5 Å². The highest BCUT2D eigenvalue weighted by atomic mass is 16.4. The van der Waals surface area contributed by atoms with Gasteiger partial charge in [0.05, 0.1) is 17.4 Å². The highest BCUT2D eigenvalue weighted by Crippen LogP contribution is 2.27. The van der Waals surface area contributed by atoms with Crippen LogP contribution in [0.3, 0.4) is 0 Å². The fourth-order valence-corrected chi connectivity index (χ4v) is 2.43. The SMILES string of the molecule is NC(=O)c1ccc2c(ncn2Cc2ccc(B(O)O)cc2)c1O. The molecule has 0 unspecified atom stereocenters. The van der Waals surface area contributed by atoms with Crippen molar-refractivity contribution < 1.29 is 19.9 Å². The second kappa shape index (κ2) is 5.75. The van der Waals surface area contributed by atoms with E-state index in [0.717, 1.165) is 5.56 Å². The van der Waals surface area contributed by atoms with Gasteiger partial charge in [-0.15, -0.1) is 0 Å². The summed E-state index contributed by atoms with van der Waals surface area (Å²) in [7, 11) is -1.50. The van der Waals surface area contributed by atoms with Crippen LogP contribution in [0.25, 0.3) is 11.0 Å². The summed E-state index contributed by atoms with van der Waals surface area (Å²) in [6.07, 6.45) is 1.56. The summed E-state index contributed by atoms with van der Waals surface area (Å²) in [5.74, 6) is -0.940. The predicted molar refractivity (Wildman–Crippen MR) is 85.3 cm³/mol. The number of amides is 1. The molecule has 1 amide bonds. The molecule has 8 heteroatoms. The predicted octanol–water partition coefficient (Wildman–Crippen LogP) is -0.431. The van der Waals surface area contributed by atoms with Gasteiger partial charge in [-0.2, -0.15) is 0 Å². The van der Waals surface area contributed by atoms with Crippen LogP contribution < -0.4 is 11.2 Å². The number of benzene rings is 2. The van der Waals surface area contributed by atoms with Gasteiger partial charge < -0.3 is 25.5 Å². The molecule has 0 radical (unpaired) electrons. The van der Waals surface area contributed by atoms with E-state index in [2.05, 4.69) is 4.98 Å². The molecule has 7 nitrogen and oxygen atoms in total. The van der Waals surface area contributed by atoms with Gasteiger partial charge in [0.2, 0.25) is 0 Å². The normalized spacial score (nSPS) is 10.9. The average Bonchev–Trinajstić information content (AvgIpc) is 2.92. The van der Waals surface area contributed by atoms with Crippen LogP contribution in [0, 0.1) is 0 Å². The Balaban J connectivity index is 1.95. The van der Waals surface area contributed by atoms with Gasteiger partial charge in [-0.1, -0.05) is 24.3 Å². The van der Waals surface area contributed by atoms with Crippen LogP contribution >= 0.6 is 0 Å². The first-order chi connectivity index (χ1) is 11.0. The van der Waals surface area contributed by atoms with Gasteiger partial charge in [-0.3, -0.25) is 4.79 Å². The van der Waals surface area contributed by atoms with Crippen molar-refractivity contribution in [3.63, 3.8) is 0 Å². The van der Waals surface area contributed by atoms with Gasteiger partial charge in [0.15, 0.2) is 5.75 Å². The van der Waals surface area contributed by atoms with Crippen molar-refractivity contribution in [3.05, 3.63) is 53.9 Å². The molecule has 0 fully saturated rings. The number of rotatable bonds is 4. The quantitative estimate of drug-likeness (QED) is 0.487. The molecule has 1 aromatic heterocycles. The first-order valence-electron chi connectivity index (χ1n) is 6.89. The number of fused-ring (bicyclic) bond motifs is 1. The summed E-state index contributed by atoms with van der Waals surface area (Å²) in [4.78, 5) is 15.4. The zero-order chi connectivity index (χ0) is 16.6. The van der Waals surface area contributed by atoms with Crippen molar-refractivity contribution in [1.82, 2.24) is 9.55 Å². The minimum Gasteiger partial charge on any atom is -0.505 e. The number of hydrogen-bond acceptors (Lipinski definition) is 5. The van der Waals surface area contributed by atoms with E-state index in [1.54, 1.807) is 36.7 Å². The van der Waals surface area contributed by atoms with Crippen LogP contribution in [0.4, 0.5) is 0 Å². The van der Waals surface area contributed by atoms with Crippen molar-refractivity contribution in [3.8, 4) is 5.75 Å². The van der Waals surface area contributed by atoms with E-state index in [1.807, 2.05) is 4.57 Å². The van der Waals surface area contributed by atoms with Crippen LogP contribution in [-0.2, 0) is 6.54 Å². The molecule has 3 rings (SSSR count). The first kappa shape index (κ1) is 15.1. The fourth-order valence-electron chi connectivity index (χ4n) is 2.43. The molecule has 0 saturated heterocycles. The third-order valence-corrected chi connectivity index (χ3v) is 3.66. The van der Waals surface area contributed by atoms with Gasteiger partial charge in [0.25, 0.3) is 5.91 Å². The van der Waals surface area contributed by atoms with Crippen LogP contribution in [0.15, 0.2) is 42.7 Å². The molecule has 23 heavy (non-hydrogen) atoms. The van der Waals surface area contributed by atoms with Crippen LogP contribution in [0.5, 0.6) is 5.75 Å². The van der Waals surface area contributed by atoms with Crippen molar-refractivity contribution in [2.75, 3.05) is 0 Å². The molecule has 1 heterocycles. The Morgan fingerprint density at radius 1 is 1.17 bits per heavy atom. The second-order valence-corrected chi connectivity index (χ2v) is 5.18. The standard InChI is InChI=1S/C15H14BN3O4/c17-15(21)11-5-6-12-13(14(11)20)18-8-19(12)7-9-1-3-10(4-2-9)16(22)23/h1-6,8,20,22-23H,7H2,(H2,17,21). The Morgan fingerprint density at radius 2 is 1.87 bits per heavy atom. The zero-order valence-corrected chi connectivity index (χ0v) is 12.0. The highest BCUT2D eigenvalue weighted by molar-refractivity contribution is 6.58. The summed E-state index contributed by atoms with van der Waals surface area (Å²) in [5.41, 5.74) is 7.54. The van der Waals surface area contributed by atoms with Crippen molar-refractivity contribution in [2.24, 2.45) is 5.73 Å². The molecule has 0 atom stereocenters. The summed E-state index contributed by atoms with van der Waals surface area (Å²) in [6.45, 7) is 0.480. The van der Waals surface area contributed by atoms with E-state index in [0.29, 0.717) is 23.0 Å². The lowest BCUT2D eigenvalue weighted by Gasteiger charge is -2.07. The minimum absolute atomic E-state index is 0.0315. The number of carbonyl (C=O) groups is 1. The maximum absolute atomic E-state index is 11.2. The van der Waals surface area contributed by atoms with Gasteiger partial charge in [0.1, 0.15) is 5.52 Å². The summed E-state index contributed by atoms with van der Waals surface area (Å²) in [5, 5.41) is 28.2. The number of imidazole rings is 1. The molecule has 0 aliphatic rings. The second-order valence-electron chi connectivity index (χ2n) is 5.18. The first-order valence-corrected chi connectivity index (χ1v) is 6.89. The maximum Gasteiger partial charge on any atom is 0.488 e. The van der Waals surface area contributed by atoms with Crippen molar-refractivity contribution in [1.29, 1.82) is 0 Å². The average molecular weight is 311 g/mol. The van der Waals surface area contributed by atoms with Gasteiger partial charge >= 0.3 is 7.12 Å². The largest absolute Gasteiger partial charge is 0.505 e. The fraction of sp³-hybridized carbons (Fsp3) is 0.0667. The molecule has 3 aromatic rings. The van der Waals surface area contributed by atoms with Crippen LogP contribution in [-0.4, -0.2) is 37.7 Å². The van der Waals surface area contributed by atoms with Gasteiger partial charge in [-0.05, 0) is 23.2 Å². The Labute approximate surface area is 131 Å². The molecule has 0 spiro atoms. The zero-order valence-electron chi connectivity index (χ0n) is 12.0. The lowest BCUT2D eigenvalue weighted by Crippen LogP contribution is -2.29. The molecule has 2 aromatic carbocycles. The highest BCUT2D eigenvalue weighted by Gasteiger charge is 2.15. The Bertz CT molecular complexity index is 874. The Hall–Kier alpha value is -2.84. The third-order valence-electron chi connectivity index (χ3n) is 3.66. The van der Waals surface area contributed by atoms with E-state index < -0.39 is 13.0 Å². The third kappa shape index (κ3) is 2.77. The number of primary amides is 1. The number of hydrogen-bond donors (Lipinski definition) is 4. The number of carbonyl (C=O) groups excluding carboxylic acids is 1. The number of nitrogens with zero attached hydrogens (tertiary/aromatic N) is 2. The van der Waals surface area contributed by atoms with Crippen LogP contribution in [0.2, 0.25) is 0 Å². The van der Waals surface area contributed by atoms with E-state index >= 15 is 0 Å².